The highest BCUT2D eigenvalue weighted by molar-refractivity contribution is 6.32. The number of nitrogens with zero attached hydrogens (tertiary/aromatic N) is 5. The number of benzene rings is 1. The molecule has 0 atom stereocenters. The molecule has 0 unspecified atom stereocenters. The van der Waals surface area contributed by atoms with Crippen molar-refractivity contribution in [2.45, 2.75) is 13.1 Å². The van der Waals surface area contributed by atoms with E-state index in [4.69, 9.17) is 11.6 Å². The van der Waals surface area contributed by atoms with Gasteiger partial charge in [-0.2, -0.15) is 22.7 Å². The summed E-state index contributed by atoms with van der Waals surface area (Å²) in [5.41, 5.74) is 1.08. The fourth-order valence-electron chi connectivity index (χ4n) is 2.64. The van der Waals surface area contributed by atoms with Crippen molar-refractivity contribution in [2.24, 2.45) is 0 Å². The van der Waals surface area contributed by atoms with Gasteiger partial charge in [-0.15, -0.1) is 5.10 Å². The van der Waals surface area contributed by atoms with Crippen molar-refractivity contribution in [3.05, 3.63) is 63.4 Å². The monoisotopic (exact) mass is 379 g/mol. The number of pyridine rings is 1. The Labute approximate surface area is 148 Å². The molecule has 6 nitrogen and oxygen atoms in total. The zero-order valence-corrected chi connectivity index (χ0v) is 13.9. The van der Waals surface area contributed by atoms with Crippen LogP contribution in [-0.4, -0.2) is 24.1 Å². The molecule has 3 aromatic heterocycles. The first kappa shape index (κ1) is 16.5. The standard InChI is InChI=1S/C16H9ClF3N5O/c1-8-2-3-12(10(17)6-8)24-5-4-11-9(13(24)26)7-21-15-22-14(16(18,19)20)23-25(11)15/h2-7H,1H3. The first-order valence-corrected chi connectivity index (χ1v) is 7.74. The van der Waals surface area contributed by atoms with Gasteiger partial charge in [0.15, 0.2) is 0 Å². The van der Waals surface area contributed by atoms with Crippen LogP contribution in [0.5, 0.6) is 0 Å². The second-order valence-corrected chi connectivity index (χ2v) is 6.06. The molecule has 0 radical (unpaired) electrons. The van der Waals surface area contributed by atoms with E-state index in [9.17, 15) is 18.0 Å². The molecule has 132 valence electrons. The molecule has 0 bridgehead atoms. The van der Waals surface area contributed by atoms with Crippen molar-refractivity contribution in [1.29, 1.82) is 0 Å². The van der Waals surface area contributed by atoms with Gasteiger partial charge in [0.2, 0.25) is 0 Å². The molecule has 26 heavy (non-hydrogen) atoms. The minimum absolute atomic E-state index is 0.0928. The lowest BCUT2D eigenvalue weighted by Crippen LogP contribution is -2.19. The maximum absolute atomic E-state index is 12.8. The predicted molar refractivity (Wildman–Crippen MR) is 88.6 cm³/mol. The number of fused-ring (bicyclic) bond motifs is 3. The van der Waals surface area contributed by atoms with E-state index in [2.05, 4.69) is 15.1 Å². The molecule has 0 saturated carbocycles. The highest BCUT2D eigenvalue weighted by Crippen LogP contribution is 2.27. The summed E-state index contributed by atoms with van der Waals surface area (Å²) in [4.78, 5) is 20.0. The first-order chi connectivity index (χ1) is 12.3. The Morgan fingerprint density at radius 3 is 2.65 bits per heavy atom. The second-order valence-electron chi connectivity index (χ2n) is 5.65. The van der Waals surface area contributed by atoms with Crippen molar-refractivity contribution in [2.75, 3.05) is 0 Å². The maximum Gasteiger partial charge on any atom is 0.453 e. The largest absolute Gasteiger partial charge is 0.453 e. The fourth-order valence-corrected chi connectivity index (χ4v) is 2.96. The van der Waals surface area contributed by atoms with Crippen LogP contribution in [-0.2, 0) is 6.18 Å². The molecule has 10 heteroatoms. The number of aryl methyl sites for hydroxylation is 1. The van der Waals surface area contributed by atoms with Crippen LogP contribution in [0, 0.1) is 6.92 Å². The number of halogens is 4. The van der Waals surface area contributed by atoms with Gasteiger partial charge in [0.05, 0.1) is 21.6 Å². The smallest absolute Gasteiger partial charge is 0.282 e. The Kier molecular flexibility index (Phi) is 3.52. The second kappa shape index (κ2) is 5.53. The lowest BCUT2D eigenvalue weighted by molar-refractivity contribution is -0.144. The summed E-state index contributed by atoms with van der Waals surface area (Å²) >= 11 is 6.21. The van der Waals surface area contributed by atoms with Gasteiger partial charge in [-0.3, -0.25) is 9.36 Å². The summed E-state index contributed by atoms with van der Waals surface area (Å²) in [6.07, 6.45) is -2.10. The number of rotatable bonds is 1. The maximum atomic E-state index is 12.8. The average molecular weight is 380 g/mol. The minimum atomic E-state index is -4.70. The van der Waals surface area contributed by atoms with Crippen LogP contribution in [0.15, 0.2) is 41.5 Å². The molecular weight excluding hydrogens is 371 g/mol. The van der Waals surface area contributed by atoms with E-state index in [1.165, 1.54) is 23.0 Å². The summed E-state index contributed by atoms with van der Waals surface area (Å²) in [6.45, 7) is 1.86. The van der Waals surface area contributed by atoms with Crippen molar-refractivity contribution in [3.8, 4) is 5.69 Å². The Morgan fingerprint density at radius 1 is 1.19 bits per heavy atom. The summed E-state index contributed by atoms with van der Waals surface area (Å²) in [5, 5.41) is 3.90. The normalized spacial score (nSPS) is 12.2. The number of alkyl halides is 3. The third-order valence-corrected chi connectivity index (χ3v) is 4.15. The van der Waals surface area contributed by atoms with Gasteiger partial charge < -0.3 is 0 Å². The third-order valence-electron chi connectivity index (χ3n) is 3.85. The van der Waals surface area contributed by atoms with Gasteiger partial charge in [-0.25, -0.2) is 4.98 Å². The van der Waals surface area contributed by atoms with Gasteiger partial charge in [0, 0.05) is 12.4 Å². The van der Waals surface area contributed by atoms with E-state index >= 15 is 0 Å². The molecule has 4 rings (SSSR count). The molecule has 4 aromatic rings. The summed E-state index contributed by atoms with van der Waals surface area (Å²) in [5.74, 6) is -1.56. The van der Waals surface area contributed by atoms with Crippen LogP contribution < -0.4 is 5.56 Å². The van der Waals surface area contributed by atoms with E-state index in [0.29, 0.717) is 10.7 Å². The van der Waals surface area contributed by atoms with Gasteiger partial charge in [-0.1, -0.05) is 17.7 Å². The fraction of sp³-hybridized carbons (Fsp3) is 0.125. The summed E-state index contributed by atoms with van der Waals surface area (Å²) in [7, 11) is 0. The molecule has 3 heterocycles. The van der Waals surface area contributed by atoms with Gasteiger partial charge in [0.25, 0.3) is 17.2 Å². The number of hydrogen-bond acceptors (Lipinski definition) is 4. The Hall–Kier alpha value is -2.94. The molecule has 0 saturated heterocycles. The SMILES string of the molecule is Cc1ccc(-n2ccc3c(cnc4nc(C(F)(F)F)nn43)c2=O)c(Cl)c1. The molecule has 0 aliphatic rings. The van der Waals surface area contributed by atoms with Crippen LogP contribution in [0.25, 0.3) is 22.4 Å². The average Bonchev–Trinajstić information content (AvgIpc) is 3.01. The zero-order chi connectivity index (χ0) is 18.6. The van der Waals surface area contributed by atoms with Crippen molar-refractivity contribution in [1.82, 2.24) is 24.1 Å². The predicted octanol–water partition coefficient (Wildman–Crippen LogP) is 3.41. The van der Waals surface area contributed by atoms with Crippen molar-refractivity contribution >= 4 is 28.3 Å². The van der Waals surface area contributed by atoms with Crippen LogP contribution in [0.3, 0.4) is 0 Å². The lowest BCUT2D eigenvalue weighted by Gasteiger charge is -2.10. The molecule has 0 amide bonds. The Bertz CT molecular complexity index is 1230. The van der Waals surface area contributed by atoms with Crippen LogP contribution in [0.4, 0.5) is 13.2 Å². The minimum Gasteiger partial charge on any atom is -0.282 e. The van der Waals surface area contributed by atoms with Crippen LogP contribution in [0.2, 0.25) is 5.02 Å². The highest BCUT2D eigenvalue weighted by atomic mass is 35.5. The van der Waals surface area contributed by atoms with E-state index in [0.717, 1.165) is 10.1 Å². The Balaban J connectivity index is 1.99. The van der Waals surface area contributed by atoms with Gasteiger partial charge in [0.1, 0.15) is 0 Å². The quantitative estimate of drug-likeness (QED) is 0.508. The van der Waals surface area contributed by atoms with Crippen molar-refractivity contribution in [3.63, 3.8) is 0 Å². The number of hydrogen-bond donors (Lipinski definition) is 0. The molecule has 0 aliphatic carbocycles. The van der Waals surface area contributed by atoms with Gasteiger partial charge >= 0.3 is 6.18 Å². The topological polar surface area (TPSA) is 65.1 Å². The van der Waals surface area contributed by atoms with Crippen LogP contribution >= 0.6 is 11.6 Å². The van der Waals surface area contributed by atoms with Crippen LogP contribution in [0.1, 0.15) is 11.4 Å². The summed E-state index contributed by atoms with van der Waals surface area (Å²) < 4.78 is 40.7. The zero-order valence-electron chi connectivity index (χ0n) is 13.1. The molecule has 0 aliphatic heterocycles. The van der Waals surface area contributed by atoms with E-state index in [-0.39, 0.29) is 16.7 Å². The third kappa shape index (κ3) is 2.51. The van der Waals surface area contributed by atoms with E-state index < -0.39 is 17.6 Å². The molecular formula is C16H9ClF3N5O. The highest BCUT2D eigenvalue weighted by Gasteiger charge is 2.36. The molecule has 1 aromatic carbocycles. The lowest BCUT2D eigenvalue weighted by atomic mass is 10.2. The first-order valence-electron chi connectivity index (χ1n) is 7.36. The van der Waals surface area contributed by atoms with E-state index in [1.807, 2.05) is 6.92 Å². The van der Waals surface area contributed by atoms with Gasteiger partial charge in [-0.05, 0) is 30.7 Å². The summed E-state index contributed by atoms with van der Waals surface area (Å²) in [6, 6.07) is 6.67. The Morgan fingerprint density at radius 2 is 1.96 bits per heavy atom. The molecule has 0 fully saturated rings. The van der Waals surface area contributed by atoms with Crippen molar-refractivity contribution < 1.29 is 13.2 Å². The number of aromatic nitrogens is 5. The molecule has 0 N–H and O–H groups in total. The van der Waals surface area contributed by atoms with E-state index in [1.54, 1.807) is 18.2 Å². The molecule has 0 spiro atoms.